The molecule has 0 N–H and O–H groups in total. The quantitative estimate of drug-likeness (QED) is 0.328. The maximum absolute atomic E-state index is 12.9. The van der Waals surface area contributed by atoms with E-state index in [9.17, 15) is 4.79 Å². The van der Waals surface area contributed by atoms with E-state index in [1.807, 2.05) is 63.2 Å². The van der Waals surface area contributed by atoms with Gasteiger partial charge < -0.3 is 4.74 Å². The molecule has 3 rings (SSSR count). The van der Waals surface area contributed by atoms with Crippen LogP contribution in [0.15, 0.2) is 97.1 Å². The van der Waals surface area contributed by atoms with Gasteiger partial charge in [0.15, 0.2) is 0 Å². The third-order valence-electron chi connectivity index (χ3n) is 5.57. The predicted octanol–water partition coefficient (Wildman–Crippen LogP) is 7.24. The molecule has 0 saturated heterocycles. The van der Waals surface area contributed by atoms with Gasteiger partial charge in [-0.1, -0.05) is 103 Å². The molecule has 0 spiro atoms. The van der Waals surface area contributed by atoms with Crippen LogP contribution in [0.2, 0.25) is 0 Å². The number of hydrogen-bond donors (Lipinski definition) is 0. The fourth-order valence-electron chi connectivity index (χ4n) is 4.00. The summed E-state index contributed by atoms with van der Waals surface area (Å²) in [5, 5.41) is 0. The highest BCUT2D eigenvalue weighted by molar-refractivity contribution is 5.71. The van der Waals surface area contributed by atoms with Gasteiger partial charge in [-0.15, -0.1) is 0 Å². The van der Waals surface area contributed by atoms with Crippen molar-refractivity contribution in [2.75, 3.05) is 6.54 Å². The van der Waals surface area contributed by atoms with Crippen molar-refractivity contribution >= 4 is 12.0 Å². The molecule has 172 valence electrons. The van der Waals surface area contributed by atoms with Gasteiger partial charge in [0.2, 0.25) is 0 Å². The summed E-state index contributed by atoms with van der Waals surface area (Å²) in [5.74, 6) is -0.186. The average molecular weight is 442 g/mol. The lowest BCUT2D eigenvalue weighted by atomic mass is 9.97. The second-order valence-corrected chi connectivity index (χ2v) is 9.31. The van der Waals surface area contributed by atoms with Crippen LogP contribution in [0.3, 0.4) is 0 Å². The summed E-state index contributed by atoms with van der Waals surface area (Å²) in [6.45, 7) is 8.64. The van der Waals surface area contributed by atoms with Gasteiger partial charge in [-0.25, -0.2) is 0 Å². The summed E-state index contributed by atoms with van der Waals surface area (Å²) >= 11 is 0. The lowest BCUT2D eigenvalue weighted by molar-refractivity contribution is -0.156. The predicted molar refractivity (Wildman–Crippen MR) is 137 cm³/mol. The first-order chi connectivity index (χ1) is 15.8. The summed E-state index contributed by atoms with van der Waals surface area (Å²) < 4.78 is 5.72. The molecule has 2 atom stereocenters. The number of carbonyl (C=O) groups excluding carboxylic acids is 1. The molecule has 3 aromatic carbocycles. The third kappa shape index (κ3) is 7.73. The van der Waals surface area contributed by atoms with Crippen molar-refractivity contribution in [2.45, 2.75) is 51.8 Å². The van der Waals surface area contributed by atoms with Crippen LogP contribution < -0.4 is 0 Å². The Morgan fingerprint density at radius 3 is 1.91 bits per heavy atom. The van der Waals surface area contributed by atoms with Crippen LogP contribution in [0.5, 0.6) is 0 Å². The zero-order chi connectivity index (χ0) is 23.7. The Morgan fingerprint density at radius 2 is 1.36 bits per heavy atom. The molecule has 0 aromatic heterocycles. The van der Waals surface area contributed by atoms with E-state index in [1.165, 1.54) is 5.56 Å². The molecule has 33 heavy (non-hydrogen) atoms. The summed E-state index contributed by atoms with van der Waals surface area (Å²) in [7, 11) is 0. The molecule has 3 aromatic rings. The molecule has 0 aliphatic carbocycles. The van der Waals surface area contributed by atoms with Crippen molar-refractivity contribution in [1.29, 1.82) is 0 Å². The van der Waals surface area contributed by atoms with E-state index in [2.05, 4.69) is 72.5 Å². The van der Waals surface area contributed by atoms with Gasteiger partial charge in [0, 0.05) is 18.6 Å². The number of ether oxygens (including phenoxy) is 1. The molecule has 2 unspecified atom stereocenters. The highest BCUT2D eigenvalue weighted by atomic mass is 16.6. The Morgan fingerprint density at radius 1 is 0.848 bits per heavy atom. The van der Waals surface area contributed by atoms with Crippen molar-refractivity contribution in [3.63, 3.8) is 0 Å². The van der Waals surface area contributed by atoms with Gasteiger partial charge >= 0.3 is 5.97 Å². The summed E-state index contributed by atoms with van der Waals surface area (Å²) in [6, 6.07) is 31.0. The number of esters is 1. The fourth-order valence-corrected chi connectivity index (χ4v) is 4.00. The number of nitrogens with zero attached hydrogens (tertiary/aromatic N) is 1. The van der Waals surface area contributed by atoms with Gasteiger partial charge in [0.1, 0.15) is 5.60 Å². The molecule has 0 fully saturated rings. The van der Waals surface area contributed by atoms with Gasteiger partial charge in [-0.2, -0.15) is 0 Å². The first-order valence-electron chi connectivity index (χ1n) is 11.6. The highest BCUT2D eigenvalue weighted by Gasteiger charge is 2.29. The number of rotatable bonds is 9. The number of hydrogen-bond acceptors (Lipinski definition) is 3. The SMILES string of the molecule is CC(c1ccccc1)N(C/C=C/c1ccccc1)C(CC(=O)OC(C)(C)C)c1ccccc1. The zero-order valence-corrected chi connectivity index (χ0v) is 20.1. The molecular formula is C30H35NO2. The van der Waals surface area contributed by atoms with Crippen LogP contribution >= 0.6 is 0 Å². The summed E-state index contributed by atoms with van der Waals surface area (Å²) in [5.41, 5.74) is 2.98. The molecule has 0 radical (unpaired) electrons. The van der Waals surface area contributed by atoms with Crippen LogP contribution in [-0.4, -0.2) is 23.0 Å². The van der Waals surface area contributed by atoms with Crippen LogP contribution in [0.4, 0.5) is 0 Å². The van der Waals surface area contributed by atoms with E-state index in [4.69, 9.17) is 4.74 Å². The van der Waals surface area contributed by atoms with Crippen LogP contribution in [0.25, 0.3) is 6.08 Å². The Labute approximate surface area is 198 Å². The first kappa shape index (κ1) is 24.5. The average Bonchev–Trinajstić information content (AvgIpc) is 2.81. The number of benzene rings is 3. The summed E-state index contributed by atoms with van der Waals surface area (Å²) in [6.07, 6.45) is 4.61. The minimum Gasteiger partial charge on any atom is -0.460 e. The van der Waals surface area contributed by atoms with E-state index in [0.717, 1.165) is 11.1 Å². The second kappa shape index (κ2) is 11.6. The Hall–Kier alpha value is -3.17. The Bertz CT molecular complexity index is 1010. The van der Waals surface area contributed by atoms with E-state index < -0.39 is 5.60 Å². The molecule has 0 aliphatic heterocycles. The van der Waals surface area contributed by atoms with E-state index in [0.29, 0.717) is 6.54 Å². The molecule has 0 saturated carbocycles. The standard InChI is InChI=1S/C30H35NO2/c1-24(26-18-10-6-11-19-26)31(22-14-17-25-15-8-5-9-16-25)28(27-20-12-7-13-21-27)23-29(32)33-30(2,3)4/h5-21,24,28H,22-23H2,1-4H3/b17-14+. The molecule has 3 nitrogen and oxygen atoms in total. The van der Waals surface area contributed by atoms with Gasteiger partial charge in [0.25, 0.3) is 0 Å². The van der Waals surface area contributed by atoms with Crippen LogP contribution in [0, 0.1) is 0 Å². The molecule has 0 amide bonds. The second-order valence-electron chi connectivity index (χ2n) is 9.31. The lowest BCUT2D eigenvalue weighted by Crippen LogP contribution is -2.35. The van der Waals surface area contributed by atoms with Crippen LogP contribution in [0.1, 0.15) is 62.9 Å². The molecular weight excluding hydrogens is 406 g/mol. The van der Waals surface area contributed by atoms with Gasteiger partial charge in [-0.05, 0) is 44.4 Å². The van der Waals surface area contributed by atoms with Gasteiger partial charge in [0.05, 0.1) is 6.42 Å². The Kier molecular flexibility index (Phi) is 8.62. The van der Waals surface area contributed by atoms with Crippen molar-refractivity contribution in [1.82, 2.24) is 4.90 Å². The number of carbonyl (C=O) groups is 1. The molecule has 0 bridgehead atoms. The fraction of sp³-hybridized carbons (Fsp3) is 0.300. The largest absolute Gasteiger partial charge is 0.460 e. The van der Waals surface area contributed by atoms with Crippen LogP contribution in [-0.2, 0) is 9.53 Å². The highest BCUT2D eigenvalue weighted by Crippen LogP contribution is 2.33. The van der Waals surface area contributed by atoms with Crippen molar-refractivity contribution in [3.05, 3.63) is 114 Å². The zero-order valence-electron chi connectivity index (χ0n) is 20.1. The smallest absolute Gasteiger partial charge is 0.308 e. The van der Waals surface area contributed by atoms with Crippen molar-refractivity contribution < 1.29 is 9.53 Å². The lowest BCUT2D eigenvalue weighted by Gasteiger charge is -2.36. The maximum Gasteiger partial charge on any atom is 0.308 e. The van der Waals surface area contributed by atoms with E-state index in [-0.39, 0.29) is 24.5 Å². The minimum atomic E-state index is -0.512. The normalized spacial score (nSPS) is 13.7. The molecule has 0 heterocycles. The summed E-state index contributed by atoms with van der Waals surface area (Å²) in [4.78, 5) is 15.3. The Balaban J connectivity index is 1.94. The third-order valence-corrected chi connectivity index (χ3v) is 5.57. The van der Waals surface area contributed by atoms with Gasteiger partial charge in [-0.3, -0.25) is 9.69 Å². The monoisotopic (exact) mass is 441 g/mol. The van der Waals surface area contributed by atoms with E-state index >= 15 is 0 Å². The van der Waals surface area contributed by atoms with Crippen molar-refractivity contribution in [2.24, 2.45) is 0 Å². The minimum absolute atomic E-state index is 0.110. The maximum atomic E-state index is 12.9. The first-order valence-corrected chi connectivity index (χ1v) is 11.6. The molecule has 0 aliphatic rings. The van der Waals surface area contributed by atoms with Crippen molar-refractivity contribution in [3.8, 4) is 0 Å². The van der Waals surface area contributed by atoms with E-state index in [1.54, 1.807) is 0 Å². The topological polar surface area (TPSA) is 29.5 Å². The molecule has 3 heteroatoms.